The van der Waals surface area contributed by atoms with Crippen LogP contribution in [0.3, 0.4) is 0 Å². The van der Waals surface area contributed by atoms with Gasteiger partial charge in [0.15, 0.2) is 0 Å². The summed E-state index contributed by atoms with van der Waals surface area (Å²) in [6.07, 6.45) is 0. The minimum atomic E-state index is 0.699. The van der Waals surface area contributed by atoms with E-state index in [1.165, 1.54) is 25.2 Å². The number of piperazine rings is 1. The van der Waals surface area contributed by atoms with Gasteiger partial charge < -0.3 is 15.5 Å². The maximum Gasteiger partial charge on any atom is 0.0206 e. The molecule has 1 aromatic rings. The minimum absolute atomic E-state index is 0.699. The Morgan fingerprint density at radius 1 is 1.37 bits per heavy atom. The zero-order valence-corrected chi connectivity index (χ0v) is 13.2. The number of hydrogen-bond donors (Lipinski definition) is 2. The maximum absolute atomic E-state index is 3.56. The molecule has 1 aliphatic rings. The molecule has 2 N–H and O–H groups in total. The Kier molecular flexibility index (Phi) is 6.31. The molecule has 4 heteroatoms. The van der Waals surface area contributed by atoms with E-state index in [0.717, 1.165) is 30.7 Å². The highest BCUT2D eigenvalue weighted by Gasteiger charge is 2.12. The molecule has 106 valence electrons. The van der Waals surface area contributed by atoms with Gasteiger partial charge in [0.1, 0.15) is 0 Å². The van der Waals surface area contributed by atoms with Gasteiger partial charge in [-0.2, -0.15) is 0 Å². The Balaban J connectivity index is 1.64. The van der Waals surface area contributed by atoms with Crippen LogP contribution in [-0.2, 0) is 6.54 Å². The van der Waals surface area contributed by atoms with E-state index in [4.69, 9.17) is 0 Å². The van der Waals surface area contributed by atoms with Gasteiger partial charge in [0.25, 0.3) is 0 Å². The zero-order chi connectivity index (χ0) is 13.5. The van der Waals surface area contributed by atoms with Gasteiger partial charge in [0.05, 0.1) is 0 Å². The lowest BCUT2D eigenvalue weighted by molar-refractivity contribution is 0.209. The summed E-state index contributed by atoms with van der Waals surface area (Å²) < 4.78 is 1.15. The molecule has 0 aliphatic carbocycles. The fourth-order valence-electron chi connectivity index (χ4n) is 2.51. The molecule has 0 aromatic heterocycles. The van der Waals surface area contributed by atoms with Crippen molar-refractivity contribution in [2.24, 2.45) is 5.92 Å². The lowest BCUT2D eigenvalue weighted by Crippen LogP contribution is -2.45. The Morgan fingerprint density at radius 2 is 2.16 bits per heavy atom. The molecule has 2 rings (SSSR count). The average molecular weight is 326 g/mol. The van der Waals surface area contributed by atoms with E-state index in [2.05, 4.69) is 62.7 Å². The molecule has 1 aromatic carbocycles. The van der Waals surface area contributed by atoms with Crippen LogP contribution >= 0.6 is 15.9 Å². The standard InChI is InChI=1S/C15H24BrN3/c1-13(12-19-7-5-17-6-8-19)10-18-11-14-3-2-4-15(16)9-14/h2-4,9,13,17-18H,5-8,10-12H2,1H3. The van der Waals surface area contributed by atoms with E-state index >= 15 is 0 Å². The smallest absolute Gasteiger partial charge is 0.0206 e. The van der Waals surface area contributed by atoms with E-state index in [1.54, 1.807) is 0 Å². The van der Waals surface area contributed by atoms with Gasteiger partial charge in [0.2, 0.25) is 0 Å². The summed E-state index contributed by atoms with van der Waals surface area (Å²) in [5.74, 6) is 0.699. The topological polar surface area (TPSA) is 27.3 Å². The van der Waals surface area contributed by atoms with Crippen molar-refractivity contribution >= 4 is 15.9 Å². The summed E-state index contributed by atoms with van der Waals surface area (Å²) >= 11 is 3.51. The van der Waals surface area contributed by atoms with E-state index in [9.17, 15) is 0 Å². The monoisotopic (exact) mass is 325 g/mol. The van der Waals surface area contributed by atoms with E-state index < -0.39 is 0 Å². The van der Waals surface area contributed by atoms with Gasteiger partial charge in [-0.15, -0.1) is 0 Å². The molecule has 1 saturated heterocycles. The molecule has 1 atom stereocenters. The molecule has 0 saturated carbocycles. The number of hydrogen-bond acceptors (Lipinski definition) is 3. The Hall–Kier alpha value is -0.420. The van der Waals surface area contributed by atoms with Crippen molar-refractivity contribution in [2.75, 3.05) is 39.3 Å². The predicted octanol–water partition coefficient (Wildman–Crippen LogP) is 2.08. The lowest BCUT2D eigenvalue weighted by Gasteiger charge is -2.29. The van der Waals surface area contributed by atoms with Gasteiger partial charge in [-0.25, -0.2) is 0 Å². The van der Waals surface area contributed by atoms with Crippen molar-refractivity contribution in [2.45, 2.75) is 13.5 Å². The maximum atomic E-state index is 3.56. The molecule has 1 unspecified atom stereocenters. The summed E-state index contributed by atoms with van der Waals surface area (Å²) in [6.45, 7) is 10.2. The SMILES string of the molecule is CC(CNCc1cccc(Br)c1)CN1CCNCC1. The summed E-state index contributed by atoms with van der Waals surface area (Å²) in [7, 11) is 0. The van der Waals surface area contributed by atoms with Crippen molar-refractivity contribution < 1.29 is 0 Å². The van der Waals surface area contributed by atoms with Crippen LogP contribution < -0.4 is 10.6 Å². The lowest BCUT2D eigenvalue weighted by atomic mass is 10.1. The predicted molar refractivity (Wildman–Crippen MR) is 84.3 cm³/mol. The summed E-state index contributed by atoms with van der Waals surface area (Å²) in [6, 6.07) is 8.49. The van der Waals surface area contributed by atoms with E-state index in [0.29, 0.717) is 5.92 Å². The highest BCUT2D eigenvalue weighted by Crippen LogP contribution is 2.11. The van der Waals surface area contributed by atoms with Crippen LogP contribution in [0.25, 0.3) is 0 Å². The number of nitrogens with one attached hydrogen (secondary N) is 2. The quantitative estimate of drug-likeness (QED) is 0.838. The summed E-state index contributed by atoms with van der Waals surface area (Å²) in [4.78, 5) is 2.56. The Bertz CT molecular complexity index is 377. The van der Waals surface area contributed by atoms with Crippen LogP contribution in [0.15, 0.2) is 28.7 Å². The van der Waals surface area contributed by atoms with Crippen molar-refractivity contribution in [1.82, 2.24) is 15.5 Å². The minimum Gasteiger partial charge on any atom is -0.314 e. The molecular weight excluding hydrogens is 302 g/mol. The molecule has 1 heterocycles. The molecule has 0 amide bonds. The first-order valence-electron chi connectivity index (χ1n) is 7.12. The van der Waals surface area contributed by atoms with Crippen LogP contribution in [0, 0.1) is 5.92 Å². The average Bonchev–Trinajstić information content (AvgIpc) is 2.40. The van der Waals surface area contributed by atoms with Crippen LogP contribution in [0.4, 0.5) is 0 Å². The molecule has 1 aliphatic heterocycles. The second kappa shape index (κ2) is 8.00. The van der Waals surface area contributed by atoms with Crippen molar-refractivity contribution in [3.8, 4) is 0 Å². The van der Waals surface area contributed by atoms with Gasteiger partial charge in [0, 0.05) is 43.7 Å². The highest BCUT2D eigenvalue weighted by atomic mass is 79.9. The van der Waals surface area contributed by atoms with Crippen LogP contribution in [-0.4, -0.2) is 44.2 Å². The molecule has 0 radical (unpaired) electrons. The second-order valence-electron chi connectivity index (χ2n) is 5.42. The van der Waals surface area contributed by atoms with E-state index in [-0.39, 0.29) is 0 Å². The first-order valence-corrected chi connectivity index (χ1v) is 7.91. The first-order chi connectivity index (χ1) is 9.24. The van der Waals surface area contributed by atoms with E-state index in [1.807, 2.05) is 0 Å². The third-order valence-electron chi connectivity index (χ3n) is 3.49. The number of nitrogens with zero attached hydrogens (tertiary/aromatic N) is 1. The summed E-state index contributed by atoms with van der Waals surface area (Å²) in [5, 5.41) is 6.95. The molecule has 3 nitrogen and oxygen atoms in total. The Morgan fingerprint density at radius 3 is 2.89 bits per heavy atom. The largest absolute Gasteiger partial charge is 0.314 e. The fraction of sp³-hybridized carbons (Fsp3) is 0.600. The Labute approximate surface area is 124 Å². The van der Waals surface area contributed by atoms with Crippen LogP contribution in [0.1, 0.15) is 12.5 Å². The number of halogens is 1. The third-order valence-corrected chi connectivity index (χ3v) is 3.98. The van der Waals surface area contributed by atoms with Crippen molar-refractivity contribution in [3.63, 3.8) is 0 Å². The molecule has 0 spiro atoms. The molecule has 1 fully saturated rings. The van der Waals surface area contributed by atoms with Crippen LogP contribution in [0.2, 0.25) is 0 Å². The second-order valence-corrected chi connectivity index (χ2v) is 6.33. The van der Waals surface area contributed by atoms with Gasteiger partial charge in [-0.05, 0) is 30.2 Å². The molecular formula is C15H24BrN3. The van der Waals surface area contributed by atoms with Crippen molar-refractivity contribution in [3.05, 3.63) is 34.3 Å². The van der Waals surface area contributed by atoms with Gasteiger partial charge >= 0.3 is 0 Å². The number of benzene rings is 1. The number of rotatable bonds is 6. The zero-order valence-electron chi connectivity index (χ0n) is 11.7. The normalized spacial score (nSPS) is 18.4. The van der Waals surface area contributed by atoms with Gasteiger partial charge in [-0.3, -0.25) is 0 Å². The summed E-state index contributed by atoms with van der Waals surface area (Å²) in [5.41, 5.74) is 1.34. The van der Waals surface area contributed by atoms with Crippen LogP contribution in [0.5, 0.6) is 0 Å². The van der Waals surface area contributed by atoms with Gasteiger partial charge in [-0.1, -0.05) is 35.0 Å². The molecule has 0 bridgehead atoms. The third kappa shape index (κ3) is 5.61. The first kappa shape index (κ1) is 15.0. The highest BCUT2D eigenvalue weighted by molar-refractivity contribution is 9.10. The fourth-order valence-corrected chi connectivity index (χ4v) is 2.96. The molecule has 19 heavy (non-hydrogen) atoms. The van der Waals surface area contributed by atoms with Crippen molar-refractivity contribution in [1.29, 1.82) is 0 Å².